The van der Waals surface area contributed by atoms with Crippen LogP contribution >= 0.6 is 0 Å². The molecule has 0 aromatic carbocycles. The van der Waals surface area contributed by atoms with Gasteiger partial charge in [0.15, 0.2) is 0 Å². The molecule has 1 heterocycles. The van der Waals surface area contributed by atoms with E-state index in [1.54, 1.807) is 0 Å². The maximum absolute atomic E-state index is 5.32. The minimum Gasteiger partial charge on any atom is -0.381 e. The summed E-state index contributed by atoms with van der Waals surface area (Å²) in [6.45, 7) is 7.56. The van der Waals surface area contributed by atoms with E-state index in [0.717, 1.165) is 26.3 Å². The molecule has 0 saturated carbocycles. The van der Waals surface area contributed by atoms with E-state index in [4.69, 9.17) is 4.74 Å². The van der Waals surface area contributed by atoms with Gasteiger partial charge in [0.1, 0.15) is 0 Å². The van der Waals surface area contributed by atoms with E-state index in [0.29, 0.717) is 6.04 Å². The molecule has 0 aliphatic carbocycles. The van der Waals surface area contributed by atoms with Crippen molar-refractivity contribution < 1.29 is 4.74 Å². The van der Waals surface area contributed by atoms with Gasteiger partial charge in [0.2, 0.25) is 0 Å². The molecule has 0 aromatic heterocycles. The normalized spacial score (nSPS) is 19.1. The zero-order valence-electron chi connectivity index (χ0n) is 9.59. The molecule has 1 N–H and O–H groups in total. The van der Waals surface area contributed by atoms with Crippen LogP contribution < -0.4 is 5.32 Å². The lowest BCUT2D eigenvalue weighted by atomic mass is 10.1. The predicted molar refractivity (Wildman–Crippen MR) is 59.6 cm³/mol. The summed E-state index contributed by atoms with van der Waals surface area (Å²) < 4.78 is 5.32. The van der Waals surface area contributed by atoms with Crippen LogP contribution in [0.5, 0.6) is 0 Å². The lowest BCUT2D eigenvalue weighted by Gasteiger charge is -2.24. The van der Waals surface area contributed by atoms with Crippen molar-refractivity contribution >= 4 is 0 Å². The molecule has 0 aromatic rings. The highest BCUT2D eigenvalue weighted by Gasteiger charge is 2.12. The smallest absolute Gasteiger partial charge is 0.0480 e. The zero-order valence-corrected chi connectivity index (χ0v) is 9.59. The summed E-state index contributed by atoms with van der Waals surface area (Å²) in [4.78, 5) is 2.38. The van der Waals surface area contributed by atoms with Gasteiger partial charge in [-0.3, -0.25) is 0 Å². The minimum absolute atomic E-state index is 0.693. The van der Waals surface area contributed by atoms with E-state index in [1.165, 1.54) is 25.8 Å². The molecule has 1 rings (SSSR count). The molecule has 0 radical (unpaired) electrons. The Morgan fingerprint density at radius 2 is 2.00 bits per heavy atom. The summed E-state index contributed by atoms with van der Waals surface area (Å²) in [5.41, 5.74) is 0. The molecule has 0 spiro atoms. The number of likely N-dealkylation sites (N-methyl/N-ethyl adjacent to an activating group) is 1. The Morgan fingerprint density at radius 1 is 1.29 bits per heavy atom. The molecule has 3 heteroatoms. The molecule has 1 fully saturated rings. The summed E-state index contributed by atoms with van der Waals surface area (Å²) in [5, 5.41) is 3.59. The maximum atomic E-state index is 5.32. The quantitative estimate of drug-likeness (QED) is 0.695. The molecule has 0 bridgehead atoms. The van der Waals surface area contributed by atoms with Crippen LogP contribution in [-0.4, -0.2) is 50.8 Å². The van der Waals surface area contributed by atoms with Crippen LogP contribution in [0.1, 0.15) is 26.2 Å². The lowest BCUT2D eigenvalue weighted by Crippen LogP contribution is -2.39. The second-order valence-electron chi connectivity index (χ2n) is 4.14. The molecular weight excluding hydrogens is 176 g/mol. The number of rotatable bonds is 6. The highest BCUT2D eigenvalue weighted by molar-refractivity contribution is 4.70. The van der Waals surface area contributed by atoms with Crippen molar-refractivity contribution in [1.29, 1.82) is 0 Å². The second kappa shape index (κ2) is 7.21. The molecule has 0 atom stereocenters. The molecule has 14 heavy (non-hydrogen) atoms. The van der Waals surface area contributed by atoms with Crippen LogP contribution in [0.3, 0.4) is 0 Å². The van der Waals surface area contributed by atoms with Gasteiger partial charge < -0.3 is 15.0 Å². The summed E-state index contributed by atoms with van der Waals surface area (Å²) in [5.74, 6) is 0. The average Bonchev–Trinajstić information content (AvgIpc) is 2.20. The highest BCUT2D eigenvalue weighted by atomic mass is 16.5. The third-order valence-electron chi connectivity index (χ3n) is 2.75. The maximum Gasteiger partial charge on any atom is 0.0480 e. The van der Waals surface area contributed by atoms with Gasteiger partial charge in [0.05, 0.1) is 0 Å². The van der Waals surface area contributed by atoms with E-state index in [9.17, 15) is 0 Å². The SMILES string of the molecule is CCCN(C)CCNC1CCOCC1. The van der Waals surface area contributed by atoms with E-state index < -0.39 is 0 Å². The Bertz CT molecular complexity index is 135. The molecule has 1 aliphatic rings. The average molecular weight is 200 g/mol. The first-order valence-electron chi connectivity index (χ1n) is 5.82. The van der Waals surface area contributed by atoms with Crippen LogP contribution in [0.4, 0.5) is 0 Å². The molecule has 1 saturated heterocycles. The van der Waals surface area contributed by atoms with Crippen LogP contribution in [-0.2, 0) is 4.74 Å². The molecule has 84 valence electrons. The largest absolute Gasteiger partial charge is 0.381 e. The predicted octanol–water partition coefficient (Wildman–Crippen LogP) is 1.10. The van der Waals surface area contributed by atoms with Crippen LogP contribution in [0.25, 0.3) is 0 Å². The van der Waals surface area contributed by atoms with Crippen molar-refractivity contribution in [3.8, 4) is 0 Å². The van der Waals surface area contributed by atoms with Crippen molar-refractivity contribution in [3.05, 3.63) is 0 Å². The van der Waals surface area contributed by atoms with Gasteiger partial charge in [0, 0.05) is 32.3 Å². The monoisotopic (exact) mass is 200 g/mol. The van der Waals surface area contributed by atoms with Gasteiger partial charge in [-0.15, -0.1) is 0 Å². The van der Waals surface area contributed by atoms with Crippen molar-refractivity contribution in [1.82, 2.24) is 10.2 Å². The minimum atomic E-state index is 0.693. The number of ether oxygens (including phenoxy) is 1. The molecule has 1 aliphatic heterocycles. The first kappa shape index (κ1) is 12.0. The first-order valence-corrected chi connectivity index (χ1v) is 5.82. The van der Waals surface area contributed by atoms with Gasteiger partial charge in [-0.2, -0.15) is 0 Å². The molecule has 0 amide bonds. The second-order valence-corrected chi connectivity index (χ2v) is 4.14. The fourth-order valence-electron chi connectivity index (χ4n) is 1.85. The number of nitrogens with one attached hydrogen (secondary N) is 1. The standard InChI is InChI=1S/C11H24N2O/c1-3-7-13(2)8-6-12-11-4-9-14-10-5-11/h11-12H,3-10H2,1-2H3. The zero-order chi connectivity index (χ0) is 10.2. The third kappa shape index (κ3) is 4.94. The summed E-state index contributed by atoms with van der Waals surface area (Å²) in [6.07, 6.45) is 3.60. The summed E-state index contributed by atoms with van der Waals surface area (Å²) in [7, 11) is 2.19. The Hall–Kier alpha value is -0.120. The number of hydrogen-bond donors (Lipinski definition) is 1. The van der Waals surface area contributed by atoms with Crippen LogP contribution in [0, 0.1) is 0 Å². The van der Waals surface area contributed by atoms with Crippen molar-refractivity contribution in [2.75, 3.05) is 39.9 Å². The van der Waals surface area contributed by atoms with Crippen molar-refractivity contribution in [2.24, 2.45) is 0 Å². The first-order chi connectivity index (χ1) is 6.83. The van der Waals surface area contributed by atoms with Crippen LogP contribution in [0.15, 0.2) is 0 Å². The number of nitrogens with zero attached hydrogens (tertiary/aromatic N) is 1. The number of hydrogen-bond acceptors (Lipinski definition) is 3. The van der Waals surface area contributed by atoms with E-state index in [1.807, 2.05) is 0 Å². The fourth-order valence-corrected chi connectivity index (χ4v) is 1.85. The lowest BCUT2D eigenvalue weighted by molar-refractivity contribution is 0.0775. The summed E-state index contributed by atoms with van der Waals surface area (Å²) in [6, 6.07) is 0.693. The topological polar surface area (TPSA) is 24.5 Å². The Kier molecular flexibility index (Phi) is 6.15. The van der Waals surface area contributed by atoms with Gasteiger partial charge in [-0.05, 0) is 32.9 Å². The van der Waals surface area contributed by atoms with Crippen molar-refractivity contribution in [3.63, 3.8) is 0 Å². The van der Waals surface area contributed by atoms with E-state index >= 15 is 0 Å². The Labute approximate surface area is 87.8 Å². The highest BCUT2D eigenvalue weighted by Crippen LogP contribution is 2.05. The molecular formula is C11H24N2O. The van der Waals surface area contributed by atoms with Crippen molar-refractivity contribution in [2.45, 2.75) is 32.2 Å². The van der Waals surface area contributed by atoms with E-state index in [2.05, 4.69) is 24.2 Å². The Morgan fingerprint density at radius 3 is 2.64 bits per heavy atom. The van der Waals surface area contributed by atoms with Gasteiger partial charge in [-0.1, -0.05) is 6.92 Å². The van der Waals surface area contributed by atoms with Gasteiger partial charge in [0.25, 0.3) is 0 Å². The molecule has 3 nitrogen and oxygen atoms in total. The molecule has 0 unspecified atom stereocenters. The summed E-state index contributed by atoms with van der Waals surface area (Å²) >= 11 is 0. The van der Waals surface area contributed by atoms with Gasteiger partial charge in [-0.25, -0.2) is 0 Å². The van der Waals surface area contributed by atoms with Crippen LogP contribution in [0.2, 0.25) is 0 Å². The fraction of sp³-hybridized carbons (Fsp3) is 1.00. The van der Waals surface area contributed by atoms with Gasteiger partial charge >= 0.3 is 0 Å². The third-order valence-corrected chi connectivity index (χ3v) is 2.75. The Balaban J connectivity index is 1.96. The van der Waals surface area contributed by atoms with E-state index in [-0.39, 0.29) is 0 Å².